The molecule has 43 heavy (non-hydrogen) atoms. The van der Waals surface area contributed by atoms with Gasteiger partial charge in [0.25, 0.3) is 5.91 Å². The molecule has 1 saturated heterocycles. The molecule has 1 fully saturated rings. The van der Waals surface area contributed by atoms with E-state index in [0.29, 0.717) is 44.2 Å². The van der Waals surface area contributed by atoms with Crippen LogP contribution in [0.5, 0.6) is 0 Å². The van der Waals surface area contributed by atoms with Crippen LogP contribution in [0.2, 0.25) is 0 Å². The predicted molar refractivity (Wildman–Crippen MR) is 128 cm³/mol. The van der Waals surface area contributed by atoms with Crippen LogP contribution >= 0.6 is 0 Å². The number of amides is 1. The Balaban J connectivity index is 0.000000384. The molecule has 11 nitrogen and oxygen atoms in total. The number of alkyl halides is 9. The Morgan fingerprint density at radius 1 is 0.814 bits per heavy atom. The van der Waals surface area contributed by atoms with Gasteiger partial charge in [0.2, 0.25) is 0 Å². The normalized spacial score (nSPS) is 15.9. The number of rotatable bonds is 2. The molecule has 0 aromatic carbocycles. The van der Waals surface area contributed by atoms with Gasteiger partial charge in [-0.2, -0.15) is 39.5 Å². The Morgan fingerprint density at radius 2 is 1.33 bits per heavy atom. The summed E-state index contributed by atoms with van der Waals surface area (Å²) in [6, 6.07) is 2.42. The summed E-state index contributed by atoms with van der Waals surface area (Å²) in [4.78, 5) is 45.2. The zero-order chi connectivity index (χ0) is 32.9. The number of fused-ring (bicyclic) bond motifs is 1. The van der Waals surface area contributed by atoms with Crippen LogP contribution in [0.3, 0.4) is 0 Å². The molecular weight excluding hydrogens is 611 g/mol. The number of carbonyl (C=O) groups is 3. The van der Waals surface area contributed by atoms with E-state index < -0.39 is 36.0 Å². The maximum absolute atomic E-state index is 12.9. The van der Waals surface area contributed by atoms with E-state index in [4.69, 9.17) is 19.8 Å². The van der Waals surface area contributed by atoms with Crippen molar-refractivity contribution in [2.75, 3.05) is 44.7 Å². The Morgan fingerprint density at radius 3 is 1.74 bits per heavy atom. The van der Waals surface area contributed by atoms with Gasteiger partial charge in [0.1, 0.15) is 5.82 Å². The maximum atomic E-state index is 12.9. The summed E-state index contributed by atoms with van der Waals surface area (Å²) in [5, 5.41) is 14.2. The van der Waals surface area contributed by atoms with E-state index in [0.717, 1.165) is 36.7 Å². The molecule has 2 aromatic heterocycles. The van der Waals surface area contributed by atoms with Gasteiger partial charge in [0.15, 0.2) is 5.82 Å². The Labute approximate surface area is 237 Å². The Hall–Kier alpha value is -4.10. The van der Waals surface area contributed by atoms with Crippen LogP contribution in [0.4, 0.5) is 45.3 Å². The van der Waals surface area contributed by atoms with Crippen molar-refractivity contribution >= 4 is 23.7 Å². The van der Waals surface area contributed by atoms with E-state index in [1.54, 1.807) is 0 Å². The lowest BCUT2D eigenvalue weighted by Crippen LogP contribution is -2.47. The molecule has 0 unspecified atom stereocenters. The number of hydrogen-bond donors (Lipinski definition) is 2. The third-order valence-corrected chi connectivity index (χ3v) is 6.12. The van der Waals surface area contributed by atoms with E-state index in [9.17, 15) is 44.3 Å². The maximum Gasteiger partial charge on any atom is 0.490 e. The molecule has 0 spiro atoms. The number of halogens is 9. The molecular formula is C23H25F9N6O5. The van der Waals surface area contributed by atoms with Crippen LogP contribution in [-0.4, -0.2) is 105 Å². The highest BCUT2D eigenvalue weighted by molar-refractivity contribution is 5.91. The highest BCUT2D eigenvalue weighted by atomic mass is 19.4. The lowest BCUT2D eigenvalue weighted by Gasteiger charge is -2.32. The molecule has 0 saturated carbocycles. The smallest absolute Gasteiger partial charge is 0.475 e. The van der Waals surface area contributed by atoms with Crippen LogP contribution in [0, 0.1) is 0 Å². The predicted octanol–water partition coefficient (Wildman–Crippen LogP) is 3.05. The minimum atomic E-state index is -5.08. The van der Waals surface area contributed by atoms with E-state index in [1.807, 2.05) is 28.5 Å². The summed E-state index contributed by atoms with van der Waals surface area (Å²) < 4.78 is 104. The van der Waals surface area contributed by atoms with Crippen LogP contribution in [0.15, 0.2) is 18.3 Å². The van der Waals surface area contributed by atoms with E-state index in [-0.39, 0.29) is 5.91 Å². The summed E-state index contributed by atoms with van der Waals surface area (Å²) >= 11 is 0. The summed E-state index contributed by atoms with van der Waals surface area (Å²) in [6.45, 7) is 4.04. The van der Waals surface area contributed by atoms with Crippen LogP contribution in [0.1, 0.15) is 27.6 Å². The van der Waals surface area contributed by atoms with Crippen molar-refractivity contribution in [1.29, 1.82) is 0 Å². The lowest BCUT2D eigenvalue weighted by molar-refractivity contribution is -0.193. The number of carbonyl (C=O) groups excluding carboxylic acids is 1. The molecule has 2 aliphatic rings. The van der Waals surface area contributed by atoms with Crippen molar-refractivity contribution in [1.82, 2.24) is 24.3 Å². The van der Waals surface area contributed by atoms with Gasteiger partial charge < -0.3 is 29.5 Å². The number of imidazole rings is 1. The number of carboxylic acids is 2. The number of pyridine rings is 1. The van der Waals surface area contributed by atoms with Crippen LogP contribution < -0.4 is 4.90 Å². The molecule has 2 aromatic rings. The van der Waals surface area contributed by atoms with Gasteiger partial charge in [0.05, 0.1) is 17.8 Å². The number of aliphatic carboxylic acids is 2. The van der Waals surface area contributed by atoms with Crippen molar-refractivity contribution < 1.29 is 64.1 Å². The fourth-order valence-electron chi connectivity index (χ4n) is 3.81. The molecule has 4 heterocycles. The quantitative estimate of drug-likeness (QED) is 0.478. The number of nitrogens with zero attached hydrogens (tertiary/aromatic N) is 6. The summed E-state index contributed by atoms with van der Waals surface area (Å²) in [7, 11) is 3.88. The molecule has 2 aliphatic heterocycles. The number of carboxylic acid groups (broad SMARTS) is 2. The van der Waals surface area contributed by atoms with Gasteiger partial charge in [-0.25, -0.2) is 19.6 Å². The second-order valence-corrected chi connectivity index (χ2v) is 9.16. The second kappa shape index (κ2) is 13.5. The minimum Gasteiger partial charge on any atom is -0.475 e. The topological polar surface area (TPSA) is 132 Å². The molecule has 1 amide bonds. The molecule has 20 heteroatoms. The molecule has 0 aliphatic carbocycles. The van der Waals surface area contributed by atoms with E-state index >= 15 is 0 Å². The standard InChI is InChI=1S/C19H23F3N6O.2C2HF3O2/c1-25-7-9-27(10-8-25)18(29)17-24-14-12-28(6-5-15(14)26(17)2)16-4-3-13(11-23-16)19(20,21)22;2*3-2(4,5)1(6)7/h3-4,11H,5-10,12H2,1-2H3;2*(H,6,7). The van der Waals surface area contributed by atoms with Crippen LogP contribution in [0.25, 0.3) is 0 Å². The minimum absolute atomic E-state index is 0.0748. The highest BCUT2D eigenvalue weighted by Crippen LogP contribution is 2.30. The summed E-state index contributed by atoms with van der Waals surface area (Å²) in [5.41, 5.74) is 1.00. The van der Waals surface area contributed by atoms with Gasteiger partial charge >= 0.3 is 30.5 Å². The Bertz CT molecular complexity index is 1260. The summed E-state index contributed by atoms with van der Waals surface area (Å²) in [6.07, 6.45) is -13.1. The number of piperazine rings is 1. The van der Waals surface area contributed by atoms with Gasteiger partial charge in [-0.1, -0.05) is 0 Å². The number of anilines is 1. The third kappa shape index (κ3) is 9.72. The fraction of sp³-hybridized carbons (Fsp3) is 0.522. The van der Waals surface area contributed by atoms with E-state index in [2.05, 4.69) is 14.9 Å². The molecule has 0 radical (unpaired) electrons. The summed E-state index contributed by atoms with van der Waals surface area (Å²) in [5.74, 6) is -4.70. The first kappa shape index (κ1) is 35.1. The average molecular weight is 636 g/mol. The van der Waals surface area contributed by atoms with Crippen molar-refractivity contribution in [3.63, 3.8) is 0 Å². The second-order valence-electron chi connectivity index (χ2n) is 9.16. The van der Waals surface area contributed by atoms with E-state index in [1.165, 1.54) is 6.07 Å². The van der Waals surface area contributed by atoms with Crippen molar-refractivity contribution in [3.8, 4) is 0 Å². The molecule has 0 atom stereocenters. The first-order valence-corrected chi connectivity index (χ1v) is 12.0. The molecule has 2 N–H and O–H groups in total. The number of hydrogen-bond acceptors (Lipinski definition) is 7. The highest BCUT2D eigenvalue weighted by Gasteiger charge is 2.39. The van der Waals surface area contributed by atoms with Crippen molar-refractivity contribution in [2.24, 2.45) is 7.05 Å². The van der Waals surface area contributed by atoms with Crippen LogP contribution in [-0.2, 0) is 35.8 Å². The van der Waals surface area contributed by atoms with Gasteiger partial charge in [-0.3, -0.25) is 4.79 Å². The molecule has 240 valence electrons. The SMILES string of the molecule is CN1CCN(C(=O)c2nc3c(n2C)CCN(c2ccc(C(F)(F)F)cn2)C3)CC1.O=C(O)C(F)(F)F.O=C(O)C(F)(F)F. The zero-order valence-corrected chi connectivity index (χ0v) is 22.4. The average Bonchev–Trinajstić information content (AvgIpc) is 3.23. The van der Waals surface area contributed by atoms with Crippen molar-refractivity contribution in [3.05, 3.63) is 41.1 Å². The monoisotopic (exact) mass is 636 g/mol. The Kier molecular flexibility index (Phi) is 11.0. The molecule has 0 bridgehead atoms. The van der Waals surface area contributed by atoms with Gasteiger partial charge in [-0.05, 0) is 19.2 Å². The fourth-order valence-corrected chi connectivity index (χ4v) is 3.81. The van der Waals surface area contributed by atoms with Gasteiger partial charge in [-0.15, -0.1) is 0 Å². The first-order valence-electron chi connectivity index (χ1n) is 12.0. The van der Waals surface area contributed by atoms with Crippen molar-refractivity contribution in [2.45, 2.75) is 31.5 Å². The number of likely N-dealkylation sites (N-methyl/N-ethyl adjacent to an activating group) is 1. The molecule has 4 rings (SSSR count). The van der Waals surface area contributed by atoms with Gasteiger partial charge in [0, 0.05) is 58.1 Å². The first-order chi connectivity index (χ1) is 19.6. The number of aromatic nitrogens is 3. The third-order valence-electron chi connectivity index (χ3n) is 6.12. The lowest BCUT2D eigenvalue weighted by atomic mass is 10.1. The largest absolute Gasteiger partial charge is 0.490 e. The zero-order valence-electron chi connectivity index (χ0n) is 22.4.